The molecule has 3 rings (SSSR count). The van der Waals surface area contributed by atoms with Crippen molar-refractivity contribution in [3.63, 3.8) is 0 Å². The first kappa shape index (κ1) is 24.5. The van der Waals surface area contributed by atoms with Gasteiger partial charge in [0, 0.05) is 25.7 Å². The van der Waals surface area contributed by atoms with Gasteiger partial charge in [0.1, 0.15) is 0 Å². The summed E-state index contributed by atoms with van der Waals surface area (Å²) in [6.45, 7) is 7.55. The lowest BCUT2D eigenvalue weighted by atomic mass is 10.1. The van der Waals surface area contributed by atoms with Crippen LogP contribution in [0.4, 0.5) is 5.69 Å². The lowest BCUT2D eigenvalue weighted by molar-refractivity contribution is 0.0951. The summed E-state index contributed by atoms with van der Waals surface area (Å²) in [4.78, 5) is 15.1. The SMILES string of the molecule is CCN(CC)Cc1cccc(CNC(=O)c2ccc(S(=O)(=O)N(C)c3ccccc3)cc2)c1. The van der Waals surface area contributed by atoms with Crippen LogP contribution in [0.15, 0.2) is 83.8 Å². The number of benzene rings is 3. The Labute approximate surface area is 196 Å². The first-order valence-corrected chi connectivity index (χ1v) is 12.5. The summed E-state index contributed by atoms with van der Waals surface area (Å²) >= 11 is 0. The number of hydrogen-bond donors (Lipinski definition) is 1. The quantitative estimate of drug-likeness (QED) is 0.485. The van der Waals surface area contributed by atoms with Crippen molar-refractivity contribution >= 4 is 21.6 Å². The molecule has 7 heteroatoms. The van der Waals surface area contributed by atoms with Gasteiger partial charge in [0.15, 0.2) is 0 Å². The van der Waals surface area contributed by atoms with Crippen molar-refractivity contribution in [3.8, 4) is 0 Å². The van der Waals surface area contributed by atoms with Gasteiger partial charge in [-0.2, -0.15) is 0 Å². The summed E-state index contributed by atoms with van der Waals surface area (Å²) in [5, 5.41) is 2.92. The first-order chi connectivity index (χ1) is 15.8. The van der Waals surface area contributed by atoms with E-state index in [2.05, 4.69) is 36.2 Å². The Hall–Kier alpha value is -3.16. The molecule has 3 aromatic rings. The zero-order valence-electron chi connectivity index (χ0n) is 19.4. The molecule has 0 aliphatic carbocycles. The van der Waals surface area contributed by atoms with Gasteiger partial charge in [0.25, 0.3) is 15.9 Å². The van der Waals surface area contributed by atoms with Gasteiger partial charge in [-0.3, -0.25) is 14.0 Å². The third-order valence-electron chi connectivity index (χ3n) is 5.64. The third-order valence-corrected chi connectivity index (χ3v) is 7.44. The van der Waals surface area contributed by atoms with Crippen molar-refractivity contribution < 1.29 is 13.2 Å². The molecule has 1 N–H and O–H groups in total. The van der Waals surface area contributed by atoms with Crippen molar-refractivity contribution in [2.75, 3.05) is 24.4 Å². The summed E-state index contributed by atoms with van der Waals surface area (Å²) in [7, 11) is -2.20. The Morgan fingerprint density at radius 3 is 2.12 bits per heavy atom. The Bertz CT molecular complexity index is 1160. The number of sulfonamides is 1. The molecule has 0 saturated carbocycles. The Balaban J connectivity index is 1.64. The maximum absolute atomic E-state index is 12.9. The predicted molar refractivity (Wildman–Crippen MR) is 133 cm³/mol. The van der Waals surface area contributed by atoms with Crippen molar-refractivity contribution in [1.82, 2.24) is 10.2 Å². The van der Waals surface area contributed by atoms with Gasteiger partial charge < -0.3 is 5.32 Å². The fourth-order valence-corrected chi connectivity index (χ4v) is 4.74. The van der Waals surface area contributed by atoms with Crippen LogP contribution < -0.4 is 9.62 Å². The fraction of sp³-hybridized carbons (Fsp3) is 0.269. The molecule has 0 fully saturated rings. The molecule has 0 unspecified atom stereocenters. The summed E-state index contributed by atoms with van der Waals surface area (Å²) in [5.74, 6) is -0.246. The van der Waals surface area contributed by atoms with Crippen LogP contribution in [0.1, 0.15) is 35.3 Å². The molecule has 6 nitrogen and oxygen atoms in total. The normalized spacial score (nSPS) is 11.4. The van der Waals surface area contributed by atoms with Crippen molar-refractivity contribution in [2.24, 2.45) is 0 Å². The minimum atomic E-state index is -3.71. The second kappa shape index (κ2) is 11.1. The highest BCUT2D eigenvalue weighted by atomic mass is 32.2. The average Bonchev–Trinajstić information content (AvgIpc) is 2.86. The number of nitrogens with one attached hydrogen (secondary N) is 1. The smallest absolute Gasteiger partial charge is 0.264 e. The number of amides is 1. The van der Waals surface area contributed by atoms with Gasteiger partial charge in [0.05, 0.1) is 10.6 Å². The molecule has 3 aromatic carbocycles. The molecular weight excluding hydrogens is 434 g/mol. The number of anilines is 1. The van der Waals surface area contributed by atoms with Gasteiger partial charge in [-0.25, -0.2) is 8.42 Å². The lowest BCUT2D eigenvalue weighted by Crippen LogP contribution is -2.27. The summed E-state index contributed by atoms with van der Waals surface area (Å²) in [6.07, 6.45) is 0. The van der Waals surface area contributed by atoms with Gasteiger partial charge in [-0.15, -0.1) is 0 Å². The Kier molecular flexibility index (Phi) is 8.25. The van der Waals surface area contributed by atoms with Crippen molar-refractivity contribution in [3.05, 3.63) is 95.6 Å². The molecule has 0 radical (unpaired) electrons. The summed E-state index contributed by atoms with van der Waals surface area (Å²) in [5.41, 5.74) is 3.22. The molecule has 0 saturated heterocycles. The van der Waals surface area contributed by atoms with Crippen molar-refractivity contribution in [2.45, 2.75) is 31.8 Å². The van der Waals surface area contributed by atoms with Gasteiger partial charge >= 0.3 is 0 Å². The summed E-state index contributed by atoms with van der Waals surface area (Å²) < 4.78 is 27.0. The number of hydrogen-bond acceptors (Lipinski definition) is 4. The van der Waals surface area contributed by atoms with E-state index in [9.17, 15) is 13.2 Å². The van der Waals surface area contributed by atoms with Crippen LogP contribution in [0.5, 0.6) is 0 Å². The predicted octanol–water partition coefficient (Wildman–Crippen LogP) is 4.28. The molecule has 0 aliphatic rings. The van der Waals surface area contributed by atoms with Crippen molar-refractivity contribution in [1.29, 1.82) is 0 Å². The molecule has 174 valence electrons. The number of para-hydroxylation sites is 1. The van der Waals surface area contributed by atoms with Crippen LogP contribution in [0, 0.1) is 0 Å². The molecule has 0 atom stereocenters. The highest BCUT2D eigenvalue weighted by Crippen LogP contribution is 2.22. The van der Waals surface area contributed by atoms with E-state index in [1.807, 2.05) is 18.2 Å². The monoisotopic (exact) mass is 465 g/mol. The van der Waals surface area contributed by atoms with E-state index in [0.29, 0.717) is 17.8 Å². The summed E-state index contributed by atoms with van der Waals surface area (Å²) in [6, 6.07) is 23.1. The minimum Gasteiger partial charge on any atom is -0.348 e. The van der Waals surface area contributed by atoms with Crippen LogP contribution in [0.2, 0.25) is 0 Å². The topological polar surface area (TPSA) is 69.7 Å². The van der Waals surface area contributed by atoms with E-state index in [-0.39, 0.29) is 10.8 Å². The van der Waals surface area contributed by atoms with E-state index in [0.717, 1.165) is 25.2 Å². The number of carbonyl (C=O) groups excluding carboxylic acids is 1. The largest absolute Gasteiger partial charge is 0.348 e. The highest BCUT2D eigenvalue weighted by molar-refractivity contribution is 7.92. The van der Waals surface area contributed by atoms with E-state index >= 15 is 0 Å². The Morgan fingerprint density at radius 1 is 0.848 bits per heavy atom. The minimum absolute atomic E-state index is 0.134. The Morgan fingerprint density at radius 2 is 1.48 bits per heavy atom. The molecular formula is C26H31N3O3S. The molecule has 0 heterocycles. The average molecular weight is 466 g/mol. The van der Waals surface area contributed by atoms with E-state index in [4.69, 9.17) is 0 Å². The zero-order chi connectivity index (χ0) is 23.8. The molecule has 0 bridgehead atoms. The highest BCUT2D eigenvalue weighted by Gasteiger charge is 2.21. The molecule has 0 aliphatic heterocycles. The molecule has 0 aromatic heterocycles. The number of nitrogens with zero attached hydrogens (tertiary/aromatic N) is 2. The fourth-order valence-electron chi connectivity index (χ4n) is 3.54. The maximum atomic E-state index is 12.9. The van der Waals surface area contributed by atoms with Crippen LogP contribution in [0.3, 0.4) is 0 Å². The van der Waals surface area contributed by atoms with Crippen LogP contribution in [0.25, 0.3) is 0 Å². The van der Waals surface area contributed by atoms with Crippen LogP contribution in [-0.2, 0) is 23.1 Å². The zero-order valence-corrected chi connectivity index (χ0v) is 20.2. The lowest BCUT2D eigenvalue weighted by Gasteiger charge is -2.19. The molecule has 0 spiro atoms. The molecule has 1 amide bonds. The standard InChI is InChI=1S/C26H31N3O3S/c1-4-29(5-2)20-22-11-9-10-21(18-22)19-27-26(30)23-14-16-25(17-15-23)33(31,32)28(3)24-12-7-6-8-13-24/h6-18H,4-5,19-20H2,1-3H3,(H,27,30). The third kappa shape index (κ3) is 6.21. The van der Waals surface area contributed by atoms with Gasteiger partial charge in [-0.1, -0.05) is 56.3 Å². The van der Waals surface area contributed by atoms with Crippen LogP contribution >= 0.6 is 0 Å². The van der Waals surface area contributed by atoms with Gasteiger partial charge in [-0.05, 0) is 60.6 Å². The van der Waals surface area contributed by atoms with E-state index < -0.39 is 10.0 Å². The second-order valence-corrected chi connectivity index (χ2v) is 9.77. The second-order valence-electron chi connectivity index (χ2n) is 7.80. The van der Waals surface area contributed by atoms with Gasteiger partial charge in [0.2, 0.25) is 0 Å². The molecule has 33 heavy (non-hydrogen) atoms. The first-order valence-electron chi connectivity index (χ1n) is 11.1. The maximum Gasteiger partial charge on any atom is 0.264 e. The van der Waals surface area contributed by atoms with Crippen LogP contribution in [-0.4, -0.2) is 39.4 Å². The van der Waals surface area contributed by atoms with E-state index in [1.165, 1.54) is 41.2 Å². The number of carbonyl (C=O) groups is 1. The number of rotatable bonds is 10. The van der Waals surface area contributed by atoms with E-state index in [1.54, 1.807) is 24.3 Å².